The summed E-state index contributed by atoms with van der Waals surface area (Å²) in [5, 5.41) is 12.6. The van der Waals surface area contributed by atoms with Crippen molar-refractivity contribution in [2.45, 2.75) is 25.7 Å². The van der Waals surface area contributed by atoms with Gasteiger partial charge in [-0.2, -0.15) is 0 Å². The maximum absolute atomic E-state index is 11.5. The first kappa shape index (κ1) is 18.2. The summed E-state index contributed by atoms with van der Waals surface area (Å²) in [6.45, 7) is 0. The van der Waals surface area contributed by atoms with E-state index in [0.29, 0.717) is 30.8 Å². The predicted molar refractivity (Wildman–Crippen MR) is 116 cm³/mol. The van der Waals surface area contributed by atoms with Gasteiger partial charge in [0, 0.05) is 29.9 Å². The van der Waals surface area contributed by atoms with Crippen molar-refractivity contribution < 1.29 is 4.92 Å². The van der Waals surface area contributed by atoms with E-state index in [9.17, 15) is 10.1 Å². The van der Waals surface area contributed by atoms with Crippen molar-refractivity contribution in [2.75, 3.05) is 0 Å². The number of nitro groups is 1. The lowest BCUT2D eigenvalue weighted by Gasteiger charge is -2.08. The number of allylic oxidation sites excluding steroid dienone is 1. The minimum absolute atomic E-state index is 0.0142. The highest BCUT2D eigenvalue weighted by Gasteiger charge is 2.18. The van der Waals surface area contributed by atoms with Gasteiger partial charge >= 0.3 is 5.69 Å². The van der Waals surface area contributed by atoms with E-state index >= 15 is 0 Å². The molecule has 0 saturated carbocycles. The highest BCUT2D eigenvalue weighted by Crippen LogP contribution is 2.24. The maximum atomic E-state index is 11.5. The van der Waals surface area contributed by atoms with Crippen molar-refractivity contribution in [3.63, 3.8) is 0 Å². The van der Waals surface area contributed by atoms with E-state index in [4.69, 9.17) is 0 Å². The van der Waals surface area contributed by atoms with Crippen LogP contribution in [-0.4, -0.2) is 19.9 Å². The number of hydrogen-bond donors (Lipinski definition) is 1. The van der Waals surface area contributed by atoms with E-state index in [-0.39, 0.29) is 5.69 Å². The lowest BCUT2D eigenvalue weighted by atomic mass is 10.0. The standard InChI is InChI=1S/C24H20N4O2/c29-28(30)23-15-26-24(14-19-5-2-6-21-20(19)11-12-25-21)27-22(23)10-8-16-7-9-17-3-1-4-18(17)13-16/h1-2,4-7,9,11-13,15,25H,3,8,10,14H2. The molecule has 30 heavy (non-hydrogen) atoms. The summed E-state index contributed by atoms with van der Waals surface area (Å²) in [4.78, 5) is 23.2. The zero-order chi connectivity index (χ0) is 20.5. The molecule has 148 valence electrons. The Labute approximate surface area is 173 Å². The van der Waals surface area contributed by atoms with Crippen LogP contribution in [0.5, 0.6) is 0 Å². The van der Waals surface area contributed by atoms with Crippen LogP contribution in [0.25, 0.3) is 17.0 Å². The van der Waals surface area contributed by atoms with E-state index in [1.54, 1.807) is 0 Å². The van der Waals surface area contributed by atoms with Crippen LogP contribution in [0.2, 0.25) is 0 Å². The molecular formula is C24H20N4O2. The molecule has 0 aliphatic heterocycles. The molecule has 0 fully saturated rings. The van der Waals surface area contributed by atoms with Crippen LogP contribution in [-0.2, 0) is 25.7 Å². The van der Waals surface area contributed by atoms with E-state index in [1.165, 1.54) is 17.3 Å². The molecule has 0 amide bonds. The van der Waals surface area contributed by atoms with Gasteiger partial charge in [-0.3, -0.25) is 10.1 Å². The molecule has 5 rings (SSSR count). The molecule has 2 aromatic heterocycles. The van der Waals surface area contributed by atoms with Gasteiger partial charge in [0.2, 0.25) is 0 Å². The molecule has 0 unspecified atom stereocenters. The summed E-state index contributed by atoms with van der Waals surface area (Å²) >= 11 is 0. The van der Waals surface area contributed by atoms with Crippen molar-refractivity contribution in [3.05, 3.63) is 105 Å². The molecule has 0 spiro atoms. The Morgan fingerprint density at radius 2 is 2.07 bits per heavy atom. The third kappa shape index (κ3) is 3.48. The fraction of sp³-hybridized carbons (Fsp3) is 0.167. The SMILES string of the molecule is O=[N+]([O-])c1cnc(Cc2cccc3[nH]ccc23)nc1CCc1ccc2c(c1)C=CC2. The van der Waals surface area contributed by atoms with Gasteiger partial charge in [0.1, 0.15) is 17.7 Å². The molecular weight excluding hydrogens is 376 g/mol. The van der Waals surface area contributed by atoms with E-state index in [0.717, 1.165) is 28.5 Å². The van der Waals surface area contributed by atoms with E-state index in [2.05, 4.69) is 45.3 Å². The van der Waals surface area contributed by atoms with Crippen LogP contribution in [0.4, 0.5) is 5.69 Å². The Kier molecular flexibility index (Phi) is 4.59. The van der Waals surface area contributed by atoms with Crippen molar-refractivity contribution >= 4 is 22.7 Å². The van der Waals surface area contributed by atoms with E-state index < -0.39 is 4.92 Å². The fourth-order valence-corrected chi connectivity index (χ4v) is 4.07. The first-order valence-corrected chi connectivity index (χ1v) is 10.00. The molecule has 0 atom stereocenters. The van der Waals surface area contributed by atoms with Crippen molar-refractivity contribution in [3.8, 4) is 0 Å². The number of rotatable bonds is 6. The average molecular weight is 396 g/mol. The Balaban J connectivity index is 1.41. The van der Waals surface area contributed by atoms with Crippen LogP contribution in [0.15, 0.2) is 60.9 Å². The summed E-state index contributed by atoms with van der Waals surface area (Å²) in [7, 11) is 0. The van der Waals surface area contributed by atoms with Gasteiger partial charge in [-0.1, -0.05) is 42.5 Å². The lowest BCUT2D eigenvalue weighted by molar-refractivity contribution is -0.386. The van der Waals surface area contributed by atoms with Gasteiger partial charge in [0.25, 0.3) is 0 Å². The van der Waals surface area contributed by atoms with Crippen LogP contribution in [0.3, 0.4) is 0 Å². The van der Waals surface area contributed by atoms with Crippen LogP contribution < -0.4 is 0 Å². The molecule has 4 aromatic rings. The monoisotopic (exact) mass is 396 g/mol. The van der Waals surface area contributed by atoms with Crippen molar-refractivity contribution in [1.29, 1.82) is 0 Å². The van der Waals surface area contributed by atoms with Crippen molar-refractivity contribution in [1.82, 2.24) is 15.0 Å². The summed E-state index contributed by atoms with van der Waals surface area (Å²) in [5.41, 5.74) is 6.35. The molecule has 1 aliphatic carbocycles. The number of H-pyrrole nitrogens is 1. The number of hydrogen-bond acceptors (Lipinski definition) is 4. The van der Waals surface area contributed by atoms with Gasteiger partial charge in [-0.15, -0.1) is 0 Å². The quantitative estimate of drug-likeness (QED) is 0.374. The van der Waals surface area contributed by atoms with Gasteiger partial charge in [-0.25, -0.2) is 9.97 Å². The fourth-order valence-electron chi connectivity index (χ4n) is 4.07. The largest absolute Gasteiger partial charge is 0.361 e. The zero-order valence-electron chi connectivity index (χ0n) is 16.3. The summed E-state index contributed by atoms with van der Waals surface area (Å²) < 4.78 is 0. The smallest absolute Gasteiger partial charge is 0.308 e. The second kappa shape index (κ2) is 7.55. The first-order chi connectivity index (χ1) is 14.7. The molecule has 2 heterocycles. The molecule has 6 heteroatoms. The Bertz CT molecular complexity index is 1290. The van der Waals surface area contributed by atoms with Gasteiger partial charge < -0.3 is 4.98 Å². The topological polar surface area (TPSA) is 84.7 Å². The van der Waals surface area contributed by atoms with Crippen LogP contribution in [0.1, 0.15) is 33.8 Å². The molecule has 1 N–H and O–H groups in total. The lowest BCUT2D eigenvalue weighted by Crippen LogP contribution is -2.06. The molecule has 0 radical (unpaired) electrons. The highest BCUT2D eigenvalue weighted by atomic mass is 16.6. The summed E-state index contributed by atoms with van der Waals surface area (Å²) in [6.07, 6.45) is 10.2. The number of fused-ring (bicyclic) bond motifs is 2. The number of nitrogens with one attached hydrogen (secondary N) is 1. The first-order valence-electron chi connectivity index (χ1n) is 10.00. The second-order valence-electron chi connectivity index (χ2n) is 7.55. The molecule has 0 bridgehead atoms. The number of aryl methyl sites for hydroxylation is 2. The Morgan fingerprint density at radius 3 is 2.97 bits per heavy atom. The Morgan fingerprint density at radius 1 is 1.13 bits per heavy atom. The zero-order valence-corrected chi connectivity index (χ0v) is 16.3. The van der Waals surface area contributed by atoms with Crippen LogP contribution >= 0.6 is 0 Å². The van der Waals surface area contributed by atoms with Crippen LogP contribution in [0, 0.1) is 10.1 Å². The molecule has 0 saturated heterocycles. The highest BCUT2D eigenvalue weighted by molar-refractivity contribution is 5.83. The molecule has 6 nitrogen and oxygen atoms in total. The molecule has 1 aliphatic rings. The third-order valence-corrected chi connectivity index (χ3v) is 5.62. The third-order valence-electron chi connectivity index (χ3n) is 5.62. The van der Waals surface area contributed by atoms with Gasteiger partial charge in [0.05, 0.1) is 4.92 Å². The Hall–Kier alpha value is -3.80. The molecule has 2 aromatic carbocycles. The summed E-state index contributed by atoms with van der Waals surface area (Å²) in [6, 6.07) is 14.5. The normalized spacial score (nSPS) is 12.4. The second-order valence-corrected chi connectivity index (χ2v) is 7.55. The number of benzene rings is 2. The number of aromatic amines is 1. The number of nitrogens with zero attached hydrogens (tertiary/aromatic N) is 3. The minimum atomic E-state index is -0.391. The minimum Gasteiger partial charge on any atom is -0.361 e. The van der Waals surface area contributed by atoms with Crippen molar-refractivity contribution in [2.24, 2.45) is 0 Å². The van der Waals surface area contributed by atoms with Gasteiger partial charge in [0.15, 0.2) is 0 Å². The van der Waals surface area contributed by atoms with E-state index in [1.807, 2.05) is 30.5 Å². The average Bonchev–Trinajstić information content (AvgIpc) is 3.41. The number of aromatic nitrogens is 3. The maximum Gasteiger partial charge on any atom is 0.308 e. The summed E-state index contributed by atoms with van der Waals surface area (Å²) in [5.74, 6) is 0.598. The predicted octanol–water partition coefficient (Wildman–Crippen LogP) is 4.81. The van der Waals surface area contributed by atoms with Gasteiger partial charge in [-0.05, 0) is 47.2 Å².